The van der Waals surface area contributed by atoms with Crippen molar-refractivity contribution in [2.24, 2.45) is 5.73 Å². The van der Waals surface area contributed by atoms with E-state index in [4.69, 9.17) is 15.2 Å². The smallest absolute Gasteiger partial charge is 0.344 e. The maximum absolute atomic E-state index is 12.0. The third-order valence-electron chi connectivity index (χ3n) is 3.68. The van der Waals surface area contributed by atoms with Crippen LogP contribution in [0.5, 0.6) is 0 Å². The van der Waals surface area contributed by atoms with Crippen molar-refractivity contribution in [2.45, 2.75) is 25.9 Å². The summed E-state index contributed by atoms with van der Waals surface area (Å²) in [5, 5.41) is 0. The third kappa shape index (κ3) is 2.63. The minimum absolute atomic E-state index is 0.211. The number of carbonyl (C=O) groups is 3. The Morgan fingerprint density at radius 2 is 1.83 bits per heavy atom. The summed E-state index contributed by atoms with van der Waals surface area (Å²) in [4.78, 5) is 35.5. The predicted octanol–water partition coefficient (Wildman–Crippen LogP) is 1.71. The average molecular weight is 313 g/mol. The second-order valence-corrected chi connectivity index (χ2v) is 6.03. The van der Waals surface area contributed by atoms with Gasteiger partial charge in [-0.2, -0.15) is 0 Å². The molecular weight excluding hydrogens is 298 g/mol. The fourth-order valence-electron chi connectivity index (χ4n) is 2.75. The molecule has 0 atom stereocenters. The average Bonchev–Trinajstić information content (AvgIpc) is 2.74. The highest BCUT2D eigenvalue weighted by atomic mass is 16.6. The molecule has 118 valence electrons. The lowest BCUT2D eigenvalue weighted by atomic mass is 9.90. The Labute approximate surface area is 132 Å². The van der Waals surface area contributed by atoms with Crippen molar-refractivity contribution >= 4 is 23.6 Å². The molecule has 0 radical (unpaired) electrons. The fraction of sp³-hybridized carbons (Fsp3) is 0.235. The van der Waals surface area contributed by atoms with Gasteiger partial charge in [-0.3, -0.25) is 4.79 Å². The summed E-state index contributed by atoms with van der Waals surface area (Å²) in [7, 11) is 0. The van der Waals surface area contributed by atoms with Crippen LogP contribution in [0.3, 0.4) is 0 Å². The first-order chi connectivity index (χ1) is 10.8. The van der Waals surface area contributed by atoms with Crippen molar-refractivity contribution in [2.75, 3.05) is 0 Å². The van der Waals surface area contributed by atoms with Gasteiger partial charge in [-0.25, -0.2) is 9.59 Å². The van der Waals surface area contributed by atoms with Crippen molar-refractivity contribution in [3.8, 4) is 0 Å². The van der Waals surface area contributed by atoms with Gasteiger partial charge in [-0.1, -0.05) is 18.2 Å². The summed E-state index contributed by atoms with van der Waals surface area (Å²) < 4.78 is 10.4. The molecule has 0 saturated carbocycles. The number of allylic oxidation sites excluding steroid dienone is 1. The molecule has 0 aromatic heterocycles. The number of esters is 2. The zero-order valence-corrected chi connectivity index (χ0v) is 12.7. The van der Waals surface area contributed by atoms with Gasteiger partial charge < -0.3 is 15.2 Å². The number of nitrogens with two attached hydrogens (primary N) is 1. The summed E-state index contributed by atoms with van der Waals surface area (Å²) in [6, 6.07) is 6.90. The van der Waals surface area contributed by atoms with Gasteiger partial charge in [0.2, 0.25) is 0 Å². The molecular formula is C17H15NO5. The van der Waals surface area contributed by atoms with E-state index in [9.17, 15) is 14.4 Å². The lowest BCUT2D eigenvalue weighted by molar-refractivity contribution is -0.154. The third-order valence-corrected chi connectivity index (χ3v) is 3.68. The lowest BCUT2D eigenvalue weighted by Crippen LogP contribution is -2.38. The van der Waals surface area contributed by atoms with Gasteiger partial charge in [0.05, 0.1) is 5.56 Å². The molecule has 0 bridgehead atoms. The zero-order chi connectivity index (χ0) is 16.8. The number of ether oxygens (including phenoxy) is 2. The molecule has 1 aromatic carbocycles. The summed E-state index contributed by atoms with van der Waals surface area (Å²) in [6.07, 6.45) is 1.81. The molecule has 0 saturated heterocycles. The summed E-state index contributed by atoms with van der Waals surface area (Å²) in [5.74, 6) is -1.80. The topological polar surface area (TPSA) is 95.7 Å². The number of carbonyl (C=O) groups excluding carboxylic acids is 3. The zero-order valence-electron chi connectivity index (χ0n) is 12.7. The van der Waals surface area contributed by atoms with Gasteiger partial charge in [0.25, 0.3) is 5.91 Å². The molecule has 0 spiro atoms. The SMILES string of the molecule is CC1(C)CC(C=C2OC(=O)c3ccccc32)=C(C(N)=O)C(=O)O1. The molecule has 3 rings (SSSR count). The second kappa shape index (κ2) is 5.08. The van der Waals surface area contributed by atoms with E-state index >= 15 is 0 Å². The Balaban J connectivity index is 2.13. The van der Waals surface area contributed by atoms with Crippen LogP contribution in [-0.4, -0.2) is 23.4 Å². The maximum atomic E-state index is 12.0. The summed E-state index contributed by atoms with van der Waals surface area (Å²) in [5.41, 5.74) is 5.77. The van der Waals surface area contributed by atoms with Crippen molar-refractivity contribution in [3.63, 3.8) is 0 Å². The number of benzene rings is 1. The molecule has 0 fully saturated rings. The minimum Gasteiger partial charge on any atom is -0.456 e. The number of fused-ring (bicyclic) bond motifs is 1. The molecule has 0 aliphatic carbocycles. The van der Waals surface area contributed by atoms with Crippen LogP contribution in [0.2, 0.25) is 0 Å². The maximum Gasteiger partial charge on any atom is 0.344 e. The van der Waals surface area contributed by atoms with Crippen LogP contribution in [0.4, 0.5) is 0 Å². The van der Waals surface area contributed by atoms with E-state index in [1.807, 2.05) is 0 Å². The Morgan fingerprint density at radius 1 is 1.17 bits per heavy atom. The largest absolute Gasteiger partial charge is 0.456 e. The van der Waals surface area contributed by atoms with E-state index in [1.54, 1.807) is 38.1 Å². The molecule has 1 amide bonds. The second-order valence-electron chi connectivity index (χ2n) is 6.03. The van der Waals surface area contributed by atoms with E-state index < -0.39 is 23.4 Å². The highest BCUT2D eigenvalue weighted by Crippen LogP contribution is 2.35. The van der Waals surface area contributed by atoms with Gasteiger partial charge in [-0.15, -0.1) is 0 Å². The number of rotatable bonds is 2. The van der Waals surface area contributed by atoms with Gasteiger partial charge in [0.1, 0.15) is 16.9 Å². The first-order valence-electron chi connectivity index (χ1n) is 7.08. The van der Waals surface area contributed by atoms with Crippen molar-refractivity contribution in [1.82, 2.24) is 0 Å². The van der Waals surface area contributed by atoms with Crippen molar-refractivity contribution < 1.29 is 23.9 Å². The molecule has 2 aliphatic heterocycles. The van der Waals surface area contributed by atoms with Crippen LogP contribution in [0.25, 0.3) is 5.76 Å². The predicted molar refractivity (Wildman–Crippen MR) is 80.8 cm³/mol. The molecule has 1 aromatic rings. The van der Waals surface area contributed by atoms with Crippen molar-refractivity contribution in [3.05, 3.63) is 52.6 Å². The highest BCUT2D eigenvalue weighted by Gasteiger charge is 2.37. The lowest BCUT2D eigenvalue weighted by Gasteiger charge is -2.31. The van der Waals surface area contributed by atoms with E-state index in [0.717, 1.165) is 0 Å². The Kier molecular flexibility index (Phi) is 3.32. The van der Waals surface area contributed by atoms with Crippen LogP contribution >= 0.6 is 0 Å². The van der Waals surface area contributed by atoms with Gasteiger partial charge in [-0.05, 0) is 31.6 Å². The van der Waals surface area contributed by atoms with Gasteiger partial charge in [0, 0.05) is 12.0 Å². The monoisotopic (exact) mass is 313 g/mol. The Hall–Kier alpha value is -2.89. The number of hydrogen-bond acceptors (Lipinski definition) is 5. The number of cyclic esters (lactones) is 2. The van der Waals surface area contributed by atoms with Gasteiger partial charge in [0.15, 0.2) is 0 Å². The molecule has 2 aliphatic rings. The Bertz CT molecular complexity index is 801. The number of hydrogen-bond donors (Lipinski definition) is 1. The molecule has 0 unspecified atom stereocenters. The van der Waals surface area contributed by atoms with E-state index in [-0.39, 0.29) is 5.57 Å². The molecule has 23 heavy (non-hydrogen) atoms. The van der Waals surface area contributed by atoms with Crippen LogP contribution in [0, 0.1) is 0 Å². The summed E-state index contributed by atoms with van der Waals surface area (Å²) in [6.45, 7) is 3.46. The molecule has 2 N–H and O–H groups in total. The fourth-order valence-corrected chi connectivity index (χ4v) is 2.75. The van der Waals surface area contributed by atoms with Crippen LogP contribution in [0.15, 0.2) is 41.5 Å². The van der Waals surface area contributed by atoms with Crippen LogP contribution in [0.1, 0.15) is 36.2 Å². The van der Waals surface area contributed by atoms with E-state index in [0.29, 0.717) is 28.9 Å². The highest BCUT2D eigenvalue weighted by molar-refractivity contribution is 6.17. The normalized spacial score (nSPS) is 21.0. The van der Waals surface area contributed by atoms with Gasteiger partial charge >= 0.3 is 11.9 Å². The minimum atomic E-state index is -0.866. The van der Waals surface area contributed by atoms with E-state index in [1.165, 1.54) is 6.08 Å². The Morgan fingerprint density at radius 3 is 2.48 bits per heavy atom. The number of primary amides is 1. The molecule has 2 heterocycles. The van der Waals surface area contributed by atoms with Crippen LogP contribution < -0.4 is 5.73 Å². The summed E-state index contributed by atoms with van der Waals surface area (Å²) >= 11 is 0. The van der Waals surface area contributed by atoms with Crippen LogP contribution in [-0.2, 0) is 19.1 Å². The van der Waals surface area contributed by atoms with E-state index in [2.05, 4.69) is 0 Å². The van der Waals surface area contributed by atoms with Crippen molar-refractivity contribution in [1.29, 1.82) is 0 Å². The first-order valence-corrected chi connectivity index (χ1v) is 7.08. The molecule has 6 heteroatoms. The molecule has 6 nitrogen and oxygen atoms in total. The standard InChI is InChI=1S/C17H15NO5/c1-17(2)8-9(13(14(18)19)16(21)23-17)7-12-10-5-3-4-6-11(10)15(20)22-12/h3-7H,8H2,1-2H3,(H2,18,19). The quantitative estimate of drug-likeness (QED) is 0.662. The first kappa shape index (κ1) is 15.0. The number of amides is 1.